The van der Waals surface area contributed by atoms with Crippen molar-refractivity contribution in [1.29, 1.82) is 0 Å². The number of nitrogens with one attached hydrogen (secondary N) is 1. The van der Waals surface area contributed by atoms with Gasteiger partial charge in [0.05, 0.1) is 18.2 Å². The van der Waals surface area contributed by atoms with Crippen molar-refractivity contribution in [3.8, 4) is 0 Å². The fourth-order valence-electron chi connectivity index (χ4n) is 2.92. The first-order valence-corrected chi connectivity index (χ1v) is 9.87. The van der Waals surface area contributed by atoms with Crippen LogP contribution in [-0.2, 0) is 9.53 Å². The molecule has 2 aromatic heterocycles. The van der Waals surface area contributed by atoms with E-state index < -0.39 is 5.97 Å². The van der Waals surface area contributed by atoms with Crippen molar-refractivity contribution in [2.75, 3.05) is 29.9 Å². The number of carbonyl (C=O) groups excluding carboxylic acids is 2. The highest BCUT2D eigenvalue weighted by Crippen LogP contribution is 2.26. The lowest BCUT2D eigenvalue weighted by molar-refractivity contribution is -0.120. The van der Waals surface area contributed by atoms with Gasteiger partial charge >= 0.3 is 5.97 Å². The molecule has 3 heterocycles. The molecule has 1 atom stereocenters. The highest BCUT2D eigenvalue weighted by atomic mass is 35.5. The molecule has 0 bridgehead atoms. The fraction of sp³-hybridized carbons (Fsp3) is 0.471. The second-order valence-corrected chi connectivity index (χ2v) is 7.53. The Hall–Kier alpha value is -2.26. The summed E-state index contributed by atoms with van der Waals surface area (Å²) in [6.07, 6.45) is 1.64. The average molecular weight is 410 g/mol. The van der Waals surface area contributed by atoms with Gasteiger partial charge in [-0.2, -0.15) is 0 Å². The van der Waals surface area contributed by atoms with E-state index in [9.17, 15) is 9.59 Å². The van der Waals surface area contributed by atoms with Gasteiger partial charge in [-0.25, -0.2) is 9.78 Å². The molecule has 0 spiro atoms. The van der Waals surface area contributed by atoms with E-state index in [1.54, 1.807) is 26.0 Å². The van der Waals surface area contributed by atoms with Crippen LogP contribution in [0.4, 0.5) is 10.9 Å². The zero-order valence-corrected chi connectivity index (χ0v) is 16.6. The number of piperidine rings is 1. The van der Waals surface area contributed by atoms with Crippen LogP contribution in [0.25, 0.3) is 0 Å². The van der Waals surface area contributed by atoms with Crippen LogP contribution in [0.2, 0.25) is 5.15 Å². The lowest BCUT2D eigenvalue weighted by atomic mass is 9.97. The Morgan fingerprint density at radius 1 is 1.41 bits per heavy atom. The molecule has 3 rings (SSSR count). The number of thiazole rings is 1. The van der Waals surface area contributed by atoms with Crippen molar-refractivity contribution < 1.29 is 14.3 Å². The van der Waals surface area contributed by atoms with Gasteiger partial charge in [0.1, 0.15) is 4.88 Å². The number of aromatic nitrogens is 3. The summed E-state index contributed by atoms with van der Waals surface area (Å²) in [5.41, 5.74) is 0.551. The summed E-state index contributed by atoms with van der Waals surface area (Å²) >= 11 is 6.91. The number of hydrogen-bond donors (Lipinski definition) is 1. The van der Waals surface area contributed by atoms with Gasteiger partial charge in [0.2, 0.25) is 5.91 Å². The molecule has 1 aliphatic heterocycles. The maximum atomic E-state index is 12.7. The van der Waals surface area contributed by atoms with Gasteiger partial charge in [-0.05, 0) is 38.8 Å². The number of hydrogen-bond acceptors (Lipinski definition) is 8. The number of halogens is 1. The molecule has 1 fully saturated rings. The van der Waals surface area contributed by atoms with Crippen LogP contribution in [0.5, 0.6) is 0 Å². The van der Waals surface area contributed by atoms with E-state index in [2.05, 4.69) is 20.5 Å². The van der Waals surface area contributed by atoms with Crippen LogP contribution in [0, 0.1) is 12.8 Å². The van der Waals surface area contributed by atoms with E-state index in [-0.39, 0.29) is 11.8 Å². The molecule has 1 saturated heterocycles. The van der Waals surface area contributed by atoms with E-state index in [1.165, 1.54) is 0 Å². The molecule has 0 aromatic carbocycles. The first-order valence-electron chi connectivity index (χ1n) is 8.67. The van der Waals surface area contributed by atoms with Gasteiger partial charge < -0.3 is 15.0 Å². The Morgan fingerprint density at radius 3 is 2.93 bits per heavy atom. The van der Waals surface area contributed by atoms with Crippen LogP contribution in [0.1, 0.15) is 35.1 Å². The van der Waals surface area contributed by atoms with Crippen LogP contribution >= 0.6 is 22.9 Å². The van der Waals surface area contributed by atoms with Crippen LogP contribution < -0.4 is 10.2 Å². The van der Waals surface area contributed by atoms with Crippen LogP contribution in [0.15, 0.2) is 12.1 Å². The quantitative estimate of drug-likeness (QED) is 0.758. The molecule has 1 aliphatic rings. The van der Waals surface area contributed by atoms with Crippen molar-refractivity contribution in [2.45, 2.75) is 26.7 Å². The smallest absolute Gasteiger partial charge is 0.350 e. The lowest BCUT2D eigenvalue weighted by Gasteiger charge is -2.32. The first kappa shape index (κ1) is 19.5. The highest BCUT2D eigenvalue weighted by molar-refractivity contribution is 7.17. The van der Waals surface area contributed by atoms with E-state index in [0.29, 0.717) is 39.8 Å². The minimum Gasteiger partial charge on any atom is -0.462 e. The predicted octanol–water partition coefficient (Wildman–Crippen LogP) is 2.93. The Kier molecular flexibility index (Phi) is 6.22. The molecular formula is C17H20ClN5O3S. The monoisotopic (exact) mass is 409 g/mol. The Balaban J connectivity index is 1.64. The molecular weight excluding hydrogens is 390 g/mol. The van der Waals surface area contributed by atoms with Gasteiger partial charge in [-0.3, -0.25) is 4.79 Å². The number of aryl methyl sites for hydroxylation is 1. The molecule has 0 unspecified atom stereocenters. The number of amides is 1. The summed E-state index contributed by atoms with van der Waals surface area (Å²) in [4.78, 5) is 31.3. The topological polar surface area (TPSA) is 97.3 Å². The summed E-state index contributed by atoms with van der Waals surface area (Å²) in [5, 5.41) is 11.5. The van der Waals surface area contributed by atoms with Crippen molar-refractivity contribution >= 4 is 45.8 Å². The lowest BCUT2D eigenvalue weighted by Crippen LogP contribution is -2.41. The number of esters is 1. The normalized spacial score (nSPS) is 16.9. The fourth-order valence-corrected chi connectivity index (χ4v) is 3.88. The summed E-state index contributed by atoms with van der Waals surface area (Å²) in [7, 11) is 0. The maximum absolute atomic E-state index is 12.7. The largest absolute Gasteiger partial charge is 0.462 e. The number of nitrogens with zero attached hydrogens (tertiary/aromatic N) is 4. The molecule has 0 aliphatic carbocycles. The average Bonchev–Trinajstić information content (AvgIpc) is 3.03. The van der Waals surface area contributed by atoms with Gasteiger partial charge in [-0.15, -0.1) is 10.2 Å². The van der Waals surface area contributed by atoms with Crippen molar-refractivity contribution in [3.63, 3.8) is 0 Å². The minimum absolute atomic E-state index is 0.120. The van der Waals surface area contributed by atoms with Gasteiger partial charge in [0.25, 0.3) is 0 Å². The Labute approximate surface area is 165 Å². The number of anilines is 2. The highest BCUT2D eigenvalue weighted by Gasteiger charge is 2.28. The standard InChI is InChI=1S/C17H20ClN5O3S/c1-3-26-16(25)14-10(2)19-17(27-14)20-15(24)11-5-4-8-23(9-11)13-7-6-12(18)21-22-13/h6-7,11H,3-5,8-9H2,1-2H3,(H,19,20,24)/t11-/m0/s1. The zero-order valence-electron chi connectivity index (χ0n) is 15.1. The number of carbonyl (C=O) groups is 2. The predicted molar refractivity (Wildman–Crippen MR) is 103 cm³/mol. The number of rotatable bonds is 5. The molecule has 144 valence electrons. The van der Waals surface area contributed by atoms with Gasteiger partial charge in [-0.1, -0.05) is 22.9 Å². The molecule has 0 saturated carbocycles. The molecule has 1 N–H and O–H groups in total. The van der Waals surface area contributed by atoms with E-state index in [4.69, 9.17) is 16.3 Å². The minimum atomic E-state index is -0.418. The second kappa shape index (κ2) is 8.62. The summed E-state index contributed by atoms with van der Waals surface area (Å²) < 4.78 is 5.00. The molecule has 8 nitrogen and oxygen atoms in total. The van der Waals surface area contributed by atoms with E-state index in [1.807, 2.05) is 4.90 Å². The van der Waals surface area contributed by atoms with Crippen LogP contribution in [-0.4, -0.2) is 46.8 Å². The molecule has 2 aromatic rings. The number of ether oxygens (including phenoxy) is 1. The molecule has 1 amide bonds. The van der Waals surface area contributed by atoms with Crippen LogP contribution in [0.3, 0.4) is 0 Å². The Morgan fingerprint density at radius 2 is 2.22 bits per heavy atom. The molecule has 27 heavy (non-hydrogen) atoms. The third-order valence-electron chi connectivity index (χ3n) is 4.22. The second-order valence-electron chi connectivity index (χ2n) is 6.14. The zero-order chi connectivity index (χ0) is 19.4. The third kappa shape index (κ3) is 4.72. The third-order valence-corrected chi connectivity index (χ3v) is 5.48. The molecule has 0 radical (unpaired) electrons. The summed E-state index contributed by atoms with van der Waals surface area (Å²) in [5.74, 6) is -0.0398. The summed E-state index contributed by atoms with van der Waals surface area (Å²) in [6.45, 7) is 5.11. The molecule has 10 heteroatoms. The maximum Gasteiger partial charge on any atom is 0.350 e. The van der Waals surface area contributed by atoms with E-state index >= 15 is 0 Å². The van der Waals surface area contributed by atoms with E-state index in [0.717, 1.165) is 30.7 Å². The first-order chi connectivity index (χ1) is 13.0. The van der Waals surface area contributed by atoms with Crippen molar-refractivity contribution in [3.05, 3.63) is 27.9 Å². The van der Waals surface area contributed by atoms with Gasteiger partial charge in [0.15, 0.2) is 16.1 Å². The Bertz CT molecular complexity index is 826. The van der Waals surface area contributed by atoms with Crippen molar-refractivity contribution in [2.24, 2.45) is 5.92 Å². The van der Waals surface area contributed by atoms with Gasteiger partial charge in [0, 0.05) is 13.1 Å². The van der Waals surface area contributed by atoms with Crippen molar-refractivity contribution in [1.82, 2.24) is 15.2 Å². The SMILES string of the molecule is CCOC(=O)c1sc(NC(=O)[C@H]2CCCN(c3ccc(Cl)nn3)C2)nc1C. The summed E-state index contributed by atoms with van der Waals surface area (Å²) in [6, 6.07) is 3.48.